The van der Waals surface area contributed by atoms with Gasteiger partial charge in [-0.15, -0.1) is 0 Å². The molecule has 0 aliphatic carbocycles. The standard InChI is InChI=1S/C44H26N4O/c1-2-11-28(12-3-1)42-46-43(31-14-8-13-29(24-31)34-17-9-19-39-40(34)37-16-6-7-18-38(37)49-39)48-44(47-42)32-25-30-21-22-35-33-15-5-4-10-27(33)20-23-36(35)41(30)45-26-32/h1-26H. The van der Waals surface area contributed by atoms with Gasteiger partial charge in [-0.1, -0.05) is 127 Å². The van der Waals surface area contributed by atoms with Gasteiger partial charge in [0, 0.05) is 44.4 Å². The van der Waals surface area contributed by atoms with Crippen molar-refractivity contribution >= 4 is 54.4 Å². The fourth-order valence-electron chi connectivity index (χ4n) is 7.00. The summed E-state index contributed by atoms with van der Waals surface area (Å²) in [6, 6.07) is 52.1. The minimum atomic E-state index is 0.574. The van der Waals surface area contributed by atoms with Crippen molar-refractivity contribution in [3.05, 3.63) is 158 Å². The Bertz CT molecular complexity index is 2890. The van der Waals surface area contributed by atoms with Gasteiger partial charge in [0.1, 0.15) is 11.2 Å². The molecule has 5 heteroatoms. The molecule has 0 unspecified atom stereocenters. The van der Waals surface area contributed by atoms with E-state index >= 15 is 0 Å². The molecule has 0 amide bonds. The van der Waals surface area contributed by atoms with Crippen LogP contribution in [-0.4, -0.2) is 19.9 Å². The van der Waals surface area contributed by atoms with Gasteiger partial charge in [-0.25, -0.2) is 15.0 Å². The third-order valence-electron chi connectivity index (χ3n) is 9.33. The molecule has 0 aliphatic heterocycles. The molecule has 0 aliphatic rings. The zero-order valence-corrected chi connectivity index (χ0v) is 26.2. The Balaban J connectivity index is 1.13. The van der Waals surface area contributed by atoms with Crippen molar-refractivity contribution in [3.63, 3.8) is 0 Å². The van der Waals surface area contributed by atoms with E-state index in [9.17, 15) is 0 Å². The average Bonchev–Trinajstić information content (AvgIpc) is 3.57. The topological polar surface area (TPSA) is 64.7 Å². The predicted octanol–water partition coefficient (Wildman–Crippen LogP) is 11.3. The maximum atomic E-state index is 6.19. The quantitative estimate of drug-likeness (QED) is 0.182. The van der Waals surface area contributed by atoms with Crippen LogP contribution in [0.1, 0.15) is 0 Å². The summed E-state index contributed by atoms with van der Waals surface area (Å²) in [5.41, 5.74) is 7.51. The van der Waals surface area contributed by atoms with Gasteiger partial charge >= 0.3 is 0 Å². The Morgan fingerprint density at radius 1 is 0.388 bits per heavy atom. The fourth-order valence-corrected chi connectivity index (χ4v) is 7.00. The van der Waals surface area contributed by atoms with E-state index in [1.165, 1.54) is 16.2 Å². The molecule has 3 heterocycles. The molecule has 7 aromatic carbocycles. The van der Waals surface area contributed by atoms with Crippen LogP contribution in [0.4, 0.5) is 0 Å². The first-order valence-corrected chi connectivity index (χ1v) is 16.3. The van der Waals surface area contributed by atoms with E-state index < -0.39 is 0 Å². The molecular weight excluding hydrogens is 601 g/mol. The number of para-hydroxylation sites is 1. The Morgan fingerprint density at radius 3 is 1.94 bits per heavy atom. The average molecular weight is 627 g/mol. The van der Waals surface area contributed by atoms with Crippen LogP contribution in [0.25, 0.3) is 99.7 Å². The molecule has 0 bridgehead atoms. The first kappa shape index (κ1) is 27.4. The molecule has 0 radical (unpaired) electrons. The number of nitrogens with zero attached hydrogens (tertiary/aromatic N) is 4. The van der Waals surface area contributed by atoms with Crippen molar-refractivity contribution in [3.8, 4) is 45.3 Å². The number of benzene rings is 7. The van der Waals surface area contributed by atoms with Crippen LogP contribution in [0.15, 0.2) is 162 Å². The lowest BCUT2D eigenvalue weighted by Gasteiger charge is -2.11. The summed E-state index contributed by atoms with van der Waals surface area (Å²) in [6.07, 6.45) is 1.88. The lowest BCUT2D eigenvalue weighted by atomic mass is 9.98. The number of hydrogen-bond acceptors (Lipinski definition) is 5. The smallest absolute Gasteiger partial charge is 0.165 e. The van der Waals surface area contributed by atoms with E-state index in [2.05, 4.69) is 91.0 Å². The highest BCUT2D eigenvalue weighted by Crippen LogP contribution is 2.38. The summed E-state index contributed by atoms with van der Waals surface area (Å²) in [6.45, 7) is 0. The van der Waals surface area contributed by atoms with Crippen molar-refractivity contribution < 1.29 is 4.42 Å². The first-order valence-electron chi connectivity index (χ1n) is 16.3. The molecule has 10 rings (SSSR count). The Labute approximate surface area is 281 Å². The zero-order valence-electron chi connectivity index (χ0n) is 26.2. The van der Waals surface area contributed by atoms with E-state index in [1.807, 2.05) is 66.9 Å². The van der Waals surface area contributed by atoms with E-state index in [4.69, 9.17) is 24.4 Å². The fraction of sp³-hybridized carbons (Fsp3) is 0. The number of hydrogen-bond donors (Lipinski definition) is 0. The summed E-state index contributed by atoms with van der Waals surface area (Å²) in [5.74, 6) is 1.78. The molecular formula is C44H26N4O. The van der Waals surface area contributed by atoms with Gasteiger partial charge < -0.3 is 4.42 Å². The monoisotopic (exact) mass is 626 g/mol. The molecule has 0 saturated carbocycles. The number of pyridine rings is 1. The third-order valence-corrected chi connectivity index (χ3v) is 9.33. The predicted molar refractivity (Wildman–Crippen MR) is 199 cm³/mol. The van der Waals surface area contributed by atoms with E-state index in [-0.39, 0.29) is 0 Å². The van der Waals surface area contributed by atoms with Crippen molar-refractivity contribution in [2.24, 2.45) is 0 Å². The number of aromatic nitrogens is 4. The van der Waals surface area contributed by atoms with Crippen molar-refractivity contribution in [1.29, 1.82) is 0 Å². The molecule has 228 valence electrons. The van der Waals surface area contributed by atoms with Gasteiger partial charge in [-0.3, -0.25) is 4.98 Å². The maximum absolute atomic E-state index is 6.19. The number of rotatable bonds is 4. The highest BCUT2D eigenvalue weighted by Gasteiger charge is 2.16. The molecule has 49 heavy (non-hydrogen) atoms. The van der Waals surface area contributed by atoms with Gasteiger partial charge in [0.15, 0.2) is 17.5 Å². The van der Waals surface area contributed by atoms with Crippen molar-refractivity contribution in [2.45, 2.75) is 0 Å². The van der Waals surface area contributed by atoms with Crippen molar-refractivity contribution in [1.82, 2.24) is 19.9 Å². The Hall–Kier alpha value is -6.72. The van der Waals surface area contributed by atoms with Crippen LogP contribution in [0, 0.1) is 0 Å². The second-order valence-corrected chi connectivity index (χ2v) is 12.3. The normalized spacial score (nSPS) is 11.7. The van der Waals surface area contributed by atoms with E-state index in [0.717, 1.165) is 66.0 Å². The van der Waals surface area contributed by atoms with Gasteiger partial charge in [0.25, 0.3) is 0 Å². The molecule has 0 atom stereocenters. The molecule has 0 saturated heterocycles. The Morgan fingerprint density at radius 2 is 1.04 bits per heavy atom. The number of fused-ring (bicyclic) bond motifs is 8. The highest BCUT2D eigenvalue weighted by atomic mass is 16.3. The SMILES string of the molecule is c1ccc(-c2nc(-c3cccc(-c4cccc5oc6ccccc6c45)c3)nc(-c3cnc4c(ccc5c6ccccc6ccc54)c3)n2)cc1. The summed E-state index contributed by atoms with van der Waals surface area (Å²) >= 11 is 0. The van der Waals surface area contributed by atoms with Gasteiger partial charge in [0.2, 0.25) is 0 Å². The van der Waals surface area contributed by atoms with Crippen LogP contribution in [0.3, 0.4) is 0 Å². The second kappa shape index (κ2) is 10.9. The molecule has 0 N–H and O–H groups in total. The highest BCUT2D eigenvalue weighted by molar-refractivity contribution is 6.16. The van der Waals surface area contributed by atoms with Crippen LogP contribution in [-0.2, 0) is 0 Å². The lowest BCUT2D eigenvalue weighted by Crippen LogP contribution is -2.00. The summed E-state index contributed by atoms with van der Waals surface area (Å²) in [4.78, 5) is 20.0. The molecule has 10 aromatic rings. The van der Waals surface area contributed by atoms with Crippen molar-refractivity contribution in [2.75, 3.05) is 0 Å². The summed E-state index contributed by atoms with van der Waals surface area (Å²) in [5, 5.41) is 7.99. The zero-order chi connectivity index (χ0) is 32.3. The van der Waals surface area contributed by atoms with E-state index in [0.29, 0.717) is 17.5 Å². The molecule has 3 aromatic heterocycles. The first-order chi connectivity index (χ1) is 24.3. The largest absolute Gasteiger partial charge is 0.456 e. The summed E-state index contributed by atoms with van der Waals surface area (Å²) in [7, 11) is 0. The third kappa shape index (κ3) is 4.55. The van der Waals surface area contributed by atoms with E-state index in [1.54, 1.807) is 0 Å². The summed E-state index contributed by atoms with van der Waals surface area (Å²) < 4.78 is 6.19. The second-order valence-electron chi connectivity index (χ2n) is 12.3. The number of furan rings is 1. The van der Waals surface area contributed by atoms with Gasteiger partial charge in [-0.05, 0) is 51.6 Å². The minimum Gasteiger partial charge on any atom is -0.456 e. The minimum absolute atomic E-state index is 0.574. The van der Waals surface area contributed by atoms with Gasteiger partial charge in [0.05, 0.1) is 5.52 Å². The van der Waals surface area contributed by atoms with Crippen LogP contribution in [0.2, 0.25) is 0 Å². The lowest BCUT2D eigenvalue weighted by molar-refractivity contribution is 0.669. The Kier molecular flexibility index (Phi) is 6.11. The van der Waals surface area contributed by atoms with Crippen LogP contribution >= 0.6 is 0 Å². The van der Waals surface area contributed by atoms with Crippen LogP contribution < -0.4 is 0 Å². The van der Waals surface area contributed by atoms with Gasteiger partial charge in [-0.2, -0.15) is 0 Å². The molecule has 0 spiro atoms. The maximum Gasteiger partial charge on any atom is 0.165 e. The molecule has 0 fully saturated rings. The van der Waals surface area contributed by atoms with Crippen LogP contribution in [0.5, 0.6) is 0 Å². The molecule has 5 nitrogen and oxygen atoms in total.